The fourth-order valence-corrected chi connectivity index (χ4v) is 2.62. The van der Waals surface area contributed by atoms with Crippen LogP contribution in [0.5, 0.6) is 11.5 Å². The Morgan fingerprint density at radius 1 is 1.19 bits per heavy atom. The van der Waals surface area contributed by atoms with E-state index in [9.17, 15) is 4.79 Å². The van der Waals surface area contributed by atoms with Gasteiger partial charge in [0.1, 0.15) is 18.2 Å². The first-order valence-electron chi connectivity index (χ1n) is 7.92. The van der Waals surface area contributed by atoms with Crippen LogP contribution in [0.15, 0.2) is 52.5 Å². The number of carbonyl (C=O) groups is 1. The van der Waals surface area contributed by atoms with E-state index in [1.54, 1.807) is 12.1 Å². The first-order valence-corrected chi connectivity index (χ1v) is 8.71. The van der Waals surface area contributed by atoms with Gasteiger partial charge in [0.15, 0.2) is 11.5 Å². The molecule has 0 radical (unpaired) electrons. The van der Waals surface area contributed by atoms with Crippen molar-refractivity contribution >= 4 is 28.0 Å². The molecular formula is C20H18BrNO4. The highest BCUT2D eigenvalue weighted by Crippen LogP contribution is 2.35. The van der Waals surface area contributed by atoms with E-state index < -0.39 is 5.97 Å². The standard InChI is InChI=1S/C20H18BrNO4/c1-3-25-18-10-15(9-16(12-22)20(23)24-2)17(21)11-19(18)26-13-14-7-5-4-6-8-14/h4-11H,3,13H2,1-2H3. The maximum Gasteiger partial charge on any atom is 0.348 e. The summed E-state index contributed by atoms with van der Waals surface area (Å²) in [5.74, 6) is 0.401. The molecule has 2 aromatic carbocycles. The predicted octanol–water partition coefficient (Wildman–Crippen LogP) is 4.51. The average Bonchev–Trinajstić information content (AvgIpc) is 2.67. The minimum Gasteiger partial charge on any atom is -0.490 e. The molecule has 0 saturated heterocycles. The van der Waals surface area contributed by atoms with E-state index in [0.29, 0.717) is 34.7 Å². The van der Waals surface area contributed by atoms with Crippen molar-refractivity contribution in [2.24, 2.45) is 0 Å². The molecule has 2 aromatic rings. The number of ether oxygens (including phenoxy) is 3. The van der Waals surface area contributed by atoms with Crippen LogP contribution in [0.2, 0.25) is 0 Å². The number of methoxy groups -OCH3 is 1. The Morgan fingerprint density at radius 3 is 2.50 bits per heavy atom. The molecule has 0 saturated carbocycles. The fourth-order valence-electron chi connectivity index (χ4n) is 2.18. The molecule has 0 N–H and O–H groups in total. The Balaban J connectivity index is 2.33. The van der Waals surface area contributed by atoms with E-state index in [4.69, 9.17) is 14.7 Å². The number of halogens is 1. The van der Waals surface area contributed by atoms with Gasteiger partial charge in [0.2, 0.25) is 0 Å². The van der Waals surface area contributed by atoms with Crippen LogP contribution < -0.4 is 9.47 Å². The van der Waals surface area contributed by atoms with Crippen LogP contribution in [0.3, 0.4) is 0 Å². The molecule has 0 aliphatic rings. The highest BCUT2D eigenvalue weighted by molar-refractivity contribution is 9.10. The number of hydrogen-bond acceptors (Lipinski definition) is 5. The minimum atomic E-state index is -0.693. The van der Waals surface area contributed by atoms with Gasteiger partial charge in [0.25, 0.3) is 0 Å². The summed E-state index contributed by atoms with van der Waals surface area (Å²) in [7, 11) is 1.23. The number of hydrogen-bond donors (Lipinski definition) is 0. The number of esters is 1. The molecule has 6 heteroatoms. The van der Waals surface area contributed by atoms with Gasteiger partial charge in [-0.15, -0.1) is 0 Å². The smallest absolute Gasteiger partial charge is 0.348 e. The molecule has 0 unspecified atom stereocenters. The molecular weight excluding hydrogens is 398 g/mol. The molecule has 0 aromatic heterocycles. The second-order valence-electron chi connectivity index (χ2n) is 5.19. The van der Waals surface area contributed by atoms with Crippen LogP contribution in [0.25, 0.3) is 6.08 Å². The van der Waals surface area contributed by atoms with Crippen LogP contribution in [0.1, 0.15) is 18.1 Å². The van der Waals surface area contributed by atoms with Gasteiger partial charge in [-0.1, -0.05) is 46.3 Å². The van der Waals surface area contributed by atoms with Gasteiger partial charge < -0.3 is 14.2 Å². The van der Waals surface area contributed by atoms with Crippen LogP contribution in [-0.4, -0.2) is 19.7 Å². The van der Waals surface area contributed by atoms with Crippen molar-refractivity contribution in [1.82, 2.24) is 0 Å². The molecule has 26 heavy (non-hydrogen) atoms. The Hall–Kier alpha value is -2.78. The molecule has 134 valence electrons. The summed E-state index contributed by atoms with van der Waals surface area (Å²) < 4.78 is 16.8. The van der Waals surface area contributed by atoms with Gasteiger partial charge in [-0.3, -0.25) is 0 Å². The summed E-state index contributed by atoms with van der Waals surface area (Å²) in [5.41, 5.74) is 1.54. The molecule has 0 heterocycles. The van der Waals surface area contributed by atoms with Crippen LogP contribution in [-0.2, 0) is 16.1 Å². The zero-order valence-corrected chi connectivity index (χ0v) is 16.1. The number of nitrogens with zero attached hydrogens (tertiary/aromatic N) is 1. The Kier molecular flexibility index (Phi) is 7.24. The molecule has 0 atom stereocenters. The SMILES string of the molecule is CCOc1cc(C=C(C#N)C(=O)OC)c(Br)cc1OCc1ccccc1. The van der Waals surface area contributed by atoms with Crippen molar-refractivity contribution in [2.45, 2.75) is 13.5 Å². The van der Waals surface area contributed by atoms with E-state index in [2.05, 4.69) is 20.7 Å². The van der Waals surface area contributed by atoms with E-state index >= 15 is 0 Å². The lowest BCUT2D eigenvalue weighted by atomic mass is 10.1. The van der Waals surface area contributed by atoms with Crippen molar-refractivity contribution in [2.75, 3.05) is 13.7 Å². The maximum absolute atomic E-state index is 11.6. The van der Waals surface area contributed by atoms with Crippen LogP contribution in [0, 0.1) is 11.3 Å². The summed E-state index contributed by atoms with van der Waals surface area (Å²) in [6.07, 6.45) is 1.44. The largest absolute Gasteiger partial charge is 0.490 e. The lowest BCUT2D eigenvalue weighted by molar-refractivity contribution is -0.135. The summed E-state index contributed by atoms with van der Waals surface area (Å²) in [6, 6.07) is 15.1. The molecule has 0 fully saturated rings. The number of carbonyl (C=O) groups excluding carboxylic acids is 1. The maximum atomic E-state index is 11.6. The lowest BCUT2D eigenvalue weighted by Gasteiger charge is -2.14. The van der Waals surface area contributed by atoms with Crippen molar-refractivity contribution in [3.63, 3.8) is 0 Å². The van der Waals surface area contributed by atoms with Gasteiger partial charge in [-0.25, -0.2) is 4.79 Å². The fraction of sp³-hybridized carbons (Fsp3) is 0.200. The zero-order chi connectivity index (χ0) is 18.9. The molecule has 0 bridgehead atoms. The first kappa shape index (κ1) is 19.5. The topological polar surface area (TPSA) is 68.5 Å². The summed E-state index contributed by atoms with van der Waals surface area (Å²) in [6.45, 7) is 2.72. The second-order valence-corrected chi connectivity index (χ2v) is 6.04. The third kappa shape index (κ3) is 5.11. The molecule has 0 aliphatic heterocycles. The minimum absolute atomic E-state index is 0.103. The van der Waals surface area contributed by atoms with Crippen molar-refractivity contribution in [3.05, 3.63) is 63.6 Å². The highest BCUT2D eigenvalue weighted by Gasteiger charge is 2.14. The molecule has 0 amide bonds. The number of benzene rings is 2. The molecule has 5 nitrogen and oxygen atoms in total. The van der Waals surface area contributed by atoms with Crippen molar-refractivity contribution in [1.29, 1.82) is 5.26 Å². The highest BCUT2D eigenvalue weighted by atomic mass is 79.9. The quantitative estimate of drug-likeness (QED) is 0.378. The third-order valence-electron chi connectivity index (χ3n) is 3.43. The van der Waals surface area contributed by atoms with Crippen molar-refractivity contribution in [3.8, 4) is 17.6 Å². The van der Waals surface area contributed by atoms with E-state index in [1.807, 2.05) is 43.3 Å². The Bertz CT molecular complexity index is 841. The number of rotatable bonds is 7. The van der Waals surface area contributed by atoms with Crippen LogP contribution >= 0.6 is 15.9 Å². The predicted molar refractivity (Wildman–Crippen MR) is 102 cm³/mol. The van der Waals surface area contributed by atoms with Gasteiger partial charge in [-0.2, -0.15) is 5.26 Å². The Morgan fingerprint density at radius 2 is 1.88 bits per heavy atom. The normalized spacial score (nSPS) is 10.8. The number of nitriles is 1. The van der Waals surface area contributed by atoms with Gasteiger partial charge in [0, 0.05) is 4.47 Å². The van der Waals surface area contributed by atoms with Crippen LogP contribution in [0.4, 0.5) is 0 Å². The zero-order valence-electron chi connectivity index (χ0n) is 14.5. The van der Waals surface area contributed by atoms with E-state index in [1.165, 1.54) is 13.2 Å². The van der Waals surface area contributed by atoms with Crippen molar-refractivity contribution < 1.29 is 19.0 Å². The first-order chi connectivity index (χ1) is 12.6. The summed E-state index contributed by atoms with van der Waals surface area (Å²) in [4.78, 5) is 11.6. The van der Waals surface area contributed by atoms with Gasteiger partial charge in [0.05, 0.1) is 13.7 Å². The third-order valence-corrected chi connectivity index (χ3v) is 4.11. The van der Waals surface area contributed by atoms with E-state index in [0.717, 1.165) is 5.56 Å². The summed E-state index contributed by atoms with van der Waals surface area (Å²) >= 11 is 3.45. The van der Waals surface area contributed by atoms with E-state index in [-0.39, 0.29) is 5.57 Å². The molecule has 0 aliphatic carbocycles. The van der Waals surface area contributed by atoms with Gasteiger partial charge in [-0.05, 0) is 36.3 Å². The van der Waals surface area contributed by atoms with Gasteiger partial charge >= 0.3 is 5.97 Å². The molecule has 0 spiro atoms. The molecule has 2 rings (SSSR count). The lowest BCUT2D eigenvalue weighted by Crippen LogP contribution is -2.03. The monoisotopic (exact) mass is 415 g/mol. The summed E-state index contributed by atoms with van der Waals surface area (Å²) in [5, 5.41) is 9.13. The average molecular weight is 416 g/mol. The second kappa shape index (κ2) is 9.64. The Labute approximate surface area is 160 Å².